The van der Waals surface area contributed by atoms with E-state index < -0.39 is 0 Å². The lowest BCUT2D eigenvalue weighted by atomic mass is 10.1. The SMILES string of the molecule is CCc1nc(Nc2ccc(-c3ccc(Cl)cc3)cc2)nc(Nc2cc(C(=O)Nc3ccccc3)ccn2)n1. The van der Waals surface area contributed by atoms with Gasteiger partial charge in [-0.25, -0.2) is 4.98 Å². The molecule has 2 aromatic heterocycles. The fourth-order valence-corrected chi connectivity index (χ4v) is 3.81. The normalized spacial score (nSPS) is 10.6. The lowest BCUT2D eigenvalue weighted by Crippen LogP contribution is -2.12. The summed E-state index contributed by atoms with van der Waals surface area (Å²) in [5, 5.41) is 9.91. The lowest BCUT2D eigenvalue weighted by molar-refractivity contribution is 0.102. The van der Waals surface area contributed by atoms with Crippen LogP contribution in [0.25, 0.3) is 11.1 Å². The Bertz CT molecular complexity index is 1540. The van der Waals surface area contributed by atoms with Crippen LogP contribution in [0, 0.1) is 0 Å². The second-order valence-corrected chi connectivity index (χ2v) is 8.77. The molecule has 1 amide bonds. The highest BCUT2D eigenvalue weighted by Crippen LogP contribution is 2.24. The number of carbonyl (C=O) groups excluding carboxylic acids is 1. The van der Waals surface area contributed by atoms with E-state index in [1.54, 1.807) is 18.3 Å². The van der Waals surface area contributed by atoms with Gasteiger partial charge >= 0.3 is 0 Å². The smallest absolute Gasteiger partial charge is 0.255 e. The highest BCUT2D eigenvalue weighted by atomic mass is 35.5. The zero-order valence-corrected chi connectivity index (χ0v) is 21.3. The zero-order chi connectivity index (χ0) is 26.3. The number of carbonyl (C=O) groups is 1. The van der Waals surface area contributed by atoms with Gasteiger partial charge in [-0.05, 0) is 59.7 Å². The van der Waals surface area contributed by atoms with Crippen LogP contribution >= 0.6 is 11.6 Å². The van der Waals surface area contributed by atoms with Gasteiger partial charge in [-0.3, -0.25) is 4.79 Å². The summed E-state index contributed by atoms with van der Waals surface area (Å²) in [4.78, 5) is 30.5. The van der Waals surface area contributed by atoms with Gasteiger partial charge in [0.05, 0.1) is 0 Å². The van der Waals surface area contributed by atoms with Crippen LogP contribution in [0.15, 0.2) is 97.2 Å². The number of nitrogens with zero attached hydrogens (tertiary/aromatic N) is 4. The molecule has 8 nitrogen and oxygen atoms in total. The molecule has 0 fully saturated rings. The predicted molar refractivity (Wildman–Crippen MR) is 151 cm³/mol. The van der Waals surface area contributed by atoms with Crippen molar-refractivity contribution >= 4 is 46.6 Å². The summed E-state index contributed by atoms with van der Waals surface area (Å²) in [5.74, 6) is 1.54. The molecule has 0 saturated heterocycles. The number of aryl methyl sites for hydroxylation is 1. The molecule has 2 heterocycles. The van der Waals surface area contributed by atoms with Crippen molar-refractivity contribution < 1.29 is 4.79 Å². The van der Waals surface area contributed by atoms with Crippen LogP contribution in [-0.4, -0.2) is 25.8 Å². The van der Waals surface area contributed by atoms with E-state index in [-0.39, 0.29) is 5.91 Å². The van der Waals surface area contributed by atoms with E-state index >= 15 is 0 Å². The highest BCUT2D eigenvalue weighted by molar-refractivity contribution is 6.30. The minimum Gasteiger partial charge on any atom is -0.324 e. The number of hydrogen-bond acceptors (Lipinski definition) is 7. The van der Waals surface area contributed by atoms with E-state index in [0.29, 0.717) is 46.2 Å². The molecule has 0 bridgehead atoms. The van der Waals surface area contributed by atoms with Crippen LogP contribution < -0.4 is 16.0 Å². The standard InChI is InChI=1S/C29H24ClN7O/c1-2-25-34-28(33-24-14-10-20(11-15-24)19-8-12-22(30)13-9-19)37-29(35-25)36-26-18-21(16-17-31-26)27(38)32-23-6-4-3-5-7-23/h3-18H,2H2,1H3,(H,32,38)(H2,31,33,34,35,36,37). The Balaban J connectivity index is 1.31. The number of anilines is 5. The molecule has 38 heavy (non-hydrogen) atoms. The third kappa shape index (κ3) is 6.29. The maximum Gasteiger partial charge on any atom is 0.255 e. The molecule has 0 aliphatic heterocycles. The third-order valence-electron chi connectivity index (χ3n) is 5.61. The number of hydrogen-bond donors (Lipinski definition) is 3. The van der Waals surface area contributed by atoms with Crippen molar-refractivity contribution in [1.29, 1.82) is 0 Å². The molecule has 0 radical (unpaired) electrons. The Labute approximate surface area is 225 Å². The minimum absolute atomic E-state index is 0.240. The van der Waals surface area contributed by atoms with Gasteiger partial charge in [0.1, 0.15) is 11.6 Å². The molecule has 3 N–H and O–H groups in total. The zero-order valence-electron chi connectivity index (χ0n) is 20.5. The summed E-state index contributed by atoms with van der Waals surface area (Å²) in [6.45, 7) is 1.97. The first-order valence-corrected chi connectivity index (χ1v) is 12.4. The molecule has 3 aromatic carbocycles. The first-order chi connectivity index (χ1) is 18.6. The number of para-hydroxylation sites is 1. The van der Waals surface area contributed by atoms with Crippen molar-refractivity contribution in [2.45, 2.75) is 13.3 Å². The summed E-state index contributed by atoms with van der Waals surface area (Å²) >= 11 is 6.00. The van der Waals surface area contributed by atoms with Crippen LogP contribution in [0.4, 0.5) is 29.1 Å². The molecular weight excluding hydrogens is 498 g/mol. The molecule has 0 spiro atoms. The van der Waals surface area contributed by atoms with Crippen LogP contribution in [-0.2, 0) is 6.42 Å². The molecule has 0 aliphatic carbocycles. The number of benzene rings is 3. The van der Waals surface area contributed by atoms with Gasteiger partial charge in [0.25, 0.3) is 5.91 Å². The summed E-state index contributed by atoms with van der Waals surface area (Å²) < 4.78 is 0. The molecule has 0 aliphatic rings. The van der Waals surface area contributed by atoms with Gasteiger partial charge in [-0.15, -0.1) is 0 Å². The number of nitrogens with one attached hydrogen (secondary N) is 3. The first kappa shape index (κ1) is 24.9. The highest BCUT2D eigenvalue weighted by Gasteiger charge is 2.11. The van der Waals surface area contributed by atoms with E-state index in [0.717, 1.165) is 16.8 Å². The predicted octanol–water partition coefficient (Wildman–Crippen LogP) is 6.89. The topological polar surface area (TPSA) is 105 Å². The fourth-order valence-electron chi connectivity index (χ4n) is 3.69. The van der Waals surface area contributed by atoms with E-state index in [1.807, 2.05) is 85.8 Å². The van der Waals surface area contributed by atoms with Crippen LogP contribution in [0.3, 0.4) is 0 Å². The van der Waals surface area contributed by atoms with Crippen LogP contribution in [0.5, 0.6) is 0 Å². The Morgan fingerprint density at radius 2 is 1.42 bits per heavy atom. The van der Waals surface area contributed by atoms with Gasteiger partial charge < -0.3 is 16.0 Å². The number of halogens is 1. The molecule has 188 valence electrons. The second kappa shape index (κ2) is 11.5. The average molecular weight is 522 g/mol. The van der Waals surface area contributed by atoms with Crippen LogP contribution in [0.2, 0.25) is 5.02 Å². The Hall–Kier alpha value is -4.82. The van der Waals surface area contributed by atoms with Crippen molar-refractivity contribution in [1.82, 2.24) is 19.9 Å². The first-order valence-electron chi connectivity index (χ1n) is 12.0. The van der Waals surface area contributed by atoms with Gasteiger partial charge in [-0.1, -0.05) is 61.0 Å². The summed E-state index contributed by atoms with van der Waals surface area (Å²) in [5.41, 5.74) is 4.15. The van der Waals surface area contributed by atoms with E-state index in [9.17, 15) is 4.79 Å². The largest absolute Gasteiger partial charge is 0.324 e. The van der Waals surface area contributed by atoms with Crippen molar-refractivity contribution in [3.05, 3.63) is 114 Å². The van der Waals surface area contributed by atoms with E-state index in [1.165, 1.54) is 0 Å². The summed E-state index contributed by atoms with van der Waals surface area (Å²) in [6.07, 6.45) is 2.18. The average Bonchev–Trinajstić information content (AvgIpc) is 2.94. The quantitative estimate of drug-likeness (QED) is 0.204. The molecular formula is C29H24ClN7O. The number of amides is 1. The number of rotatable bonds is 8. The molecule has 5 rings (SSSR count). The summed E-state index contributed by atoms with van der Waals surface area (Å²) in [7, 11) is 0. The fraction of sp³-hybridized carbons (Fsp3) is 0.0690. The van der Waals surface area contributed by atoms with Gasteiger partial charge in [0.2, 0.25) is 11.9 Å². The Morgan fingerprint density at radius 1 is 0.763 bits per heavy atom. The molecule has 0 unspecified atom stereocenters. The molecule has 0 saturated carbocycles. The molecule has 5 aromatic rings. The number of pyridine rings is 1. The Kier molecular flexibility index (Phi) is 7.52. The van der Waals surface area contributed by atoms with Crippen molar-refractivity contribution in [3.8, 4) is 11.1 Å². The van der Waals surface area contributed by atoms with Crippen molar-refractivity contribution in [2.24, 2.45) is 0 Å². The van der Waals surface area contributed by atoms with Crippen molar-refractivity contribution in [3.63, 3.8) is 0 Å². The molecule has 0 atom stereocenters. The maximum absolute atomic E-state index is 12.7. The molecule has 9 heteroatoms. The third-order valence-corrected chi connectivity index (χ3v) is 5.86. The van der Waals surface area contributed by atoms with E-state index in [2.05, 4.69) is 35.9 Å². The maximum atomic E-state index is 12.7. The Morgan fingerprint density at radius 3 is 2.11 bits per heavy atom. The van der Waals surface area contributed by atoms with E-state index in [4.69, 9.17) is 11.6 Å². The van der Waals surface area contributed by atoms with Gasteiger partial charge in [0.15, 0.2) is 0 Å². The van der Waals surface area contributed by atoms with Gasteiger partial charge in [0, 0.05) is 34.6 Å². The second-order valence-electron chi connectivity index (χ2n) is 8.34. The lowest BCUT2D eigenvalue weighted by Gasteiger charge is -2.11. The monoisotopic (exact) mass is 521 g/mol. The minimum atomic E-state index is -0.240. The number of aromatic nitrogens is 4. The summed E-state index contributed by atoms with van der Waals surface area (Å²) in [6, 6.07) is 28.2. The van der Waals surface area contributed by atoms with Crippen LogP contribution in [0.1, 0.15) is 23.1 Å². The van der Waals surface area contributed by atoms with Gasteiger partial charge in [-0.2, -0.15) is 15.0 Å². The van der Waals surface area contributed by atoms with Crippen molar-refractivity contribution in [2.75, 3.05) is 16.0 Å².